The van der Waals surface area contributed by atoms with E-state index in [1.165, 1.54) is 12.8 Å². The molecule has 2 atom stereocenters. The van der Waals surface area contributed by atoms with Gasteiger partial charge in [-0.1, -0.05) is 19.1 Å². The summed E-state index contributed by atoms with van der Waals surface area (Å²) in [6, 6.07) is 0. The molecule has 0 aromatic heterocycles. The van der Waals surface area contributed by atoms with Crippen LogP contribution in [0, 0.1) is 11.8 Å². The molecule has 0 spiro atoms. The second-order valence-electron chi connectivity index (χ2n) is 5.49. The Bertz CT molecular complexity index is 269. The normalized spacial score (nSPS) is 21.9. The average Bonchev–Trinajstić information content (AvgIpc) is 2.29. The van der Waals surface area contributed by atoms with Crippen molar-refractivity contribution in [3.63, 3.8) is 0 Å². The van der Waals surface area contributed by atoms with E-state index in [0.29, 0.717) is 24.8 Å². The highest BCUT2D eigenvalue weighted by molar-refractivity contribution is 5.76. The zero-order chi connectivity index (χ0) is 12.8. The maximum Gasteiger partial charge on any atom is 0.222 e. The van der Waals surface area contributed by atoms with Crippen molar-refractivity contribution in [3.05, 3.63) is 12.2 Å². The third-order valence-electron chi connectivity index (χ3n) is 3.57. The van der Waals surface area contributed by atoms with E-state index in [9.17, 15) is 4.79 Å². The van der Waals surface area contributed by atoms with Gasteiger partial charge in [-0.3, -0.25) is 4.79 Å². The maximum atomic E-state index is 12.0. The van der Waals surface area contributed by atoms with Crippen molar-refractivity contribution in [3.8, 4) is 0 Å². The lowest BCUT2D eigenvalue weighted by Crippen LogP contribution is -2.36. The first-order chi connectivity index (χ1) is 8.00. The SMILES string of the molecule is C=C(C)CN(C)C(=O)CC(C)C1CCCNC1. The van der Waals surface area contributed by atoms with E-state index in [-0.39, 0.29) is 5.91 Å². The van der Waals surface area contributed by atoms with Crippen LogP contribution in [0.3, 0.4) is 0 Å². The summed E-state index contributed by atoms with van der Waals surface area (Å²) < 4.78 is 0. The Balaban J connectivity index is 2.36. The minimum absolute atomic E-state index is 0.242. The van der Waals surface area contributed by atoms with Gasteiger partial charge in [0.1, 0.15) is 0 Å². The van der Waals surface area contributed by atoms with E-state index in [2.05, 4.69) is 18.8 Å². The minimum atomic E-state index is 0.242. The molecule has 0 aromatic rings. The van der Waals surface area contributed by atoms with Gasteiger partial charge in [0.2, 0.25) is 5.91 Å². The molecule has 1 N–H and O–H groups in total. The Hall–Kier alpha value is -0.830. The second kappa shape index (κ2) is 6.80. The molecule has 1 saturated heterocycles. The summed E-state index contributed by atoms with van der Waals surface area (Å²) in [7, 11) is 1.86. The van der Waals surface area contributed by atoms with Crippen LogP contribution in [0.4, 0.5) is 0 Å². The molecular formula is C14H26N2O. The van der Waals surface area contributed by atoms with Gasteiger partial charge in [0.15, 0.2) is 0 Å². The topological polar surface area (TPSA) is 32.3 Å². The molecule has 0 aromatic carbocycles. The zero-order valence-corrected chi connectivity index (χ0v) is 11.5. The molecular weight excluding hydrogens is 212 g/mol. The lowest BCUT2D eigenvalue weighted by molar-refractivity contribution is -0.130. The Morgan fingerprint density at radius 2 is 2.29 bits per heavy atom. The van der Waals surface area contributed by atoms with Crippen LogP contribution in [0.15, 0.2) is 12.2 Å². The smallest absolute Gasteiger partial charge is 0.222 e. The third-order valence-corrected chi connectivity index (χ3v) is 3.57. The Morgan fingerprint density at radius 3 is 2.82 bits per heavy atom. The molecule has 3 heteroatoms. The number of rotatable bonds is 5. The Labute approximate surface area is 105 Å². The molecule has 1 heterocycles. The summed E-state index contributed by atoms with van der Waals surface area (Å²) in [6.45, 7) is 10.9. The number of hydrogen-bond donors (Lipinski definition) is 1. The van der Waals surface area contributed by atoms with Crippen molar-refractivity contribution in [2.24, 2.45) is 11.8 Å². The summed E-state index contributed by atoms with van der Waals surface area (Å²) >= 11 is 0. The van der Waals surface area contributed by atoms with E-state index in [4.69, 9.17) is 0 Å². The van der Waals surface area contributed by atoms with E-state index in [1.54, 1.807) is 4.90 Å². The highest BCUT2D eigenvalue weighted by Crippen LogP contribution is 2.23. The highest BCUT2D eigenvalue weighted by Gasteiger charge is 2.23. The quantitative estimate of drug-likeness (QED) is 0.743. The Morgan fingerprint density at radius 1 is 1.59 bits per heavy atom. The number of likely N-dealkylation sites (N-methyl/N-ethyl adjacent to an activating group) is 1. The van der Waals surface area contributed by atoms with Gasteiger partial charge in [-0.2, -0.15) is 0 Å². The predicted octanol–water partition coefficient (Wildman–Crippen LogP) is 2.05. The van der Waals surface area contributed by atoms with Crippen molar-refractivity contribution < 1.29 is 4.79 Å². The molecule has 1 rings (SSSR count). The lowest BCUT2D eigenvalue weighted by atomic mass is 9.85. The molecule has 3 nitrogen and oxygen atoms in total. The summed E-state index contributed by atoms with van der Waals surface area (Å²) in [4.78, 5) is 13.8. The summed E-state index contributed by atoms with van der Waals surface area (Å²) in [6.07, 6.45) is 3.16. The molecule has 0 bridgehead atoms. The number of carbonyl (C=O) groups excluding carboxylic acids is 1. The van der Waals surface area contributed by atoms with E-state index >= 15 is 0 Å². The number of piperidine rings is 1. The van der Waals surface area contributed by atoms with Crippen molar-refractivity contribution in [1.82, 2.24) is 10.2 Å². The van der Waals surface area contributed by atoms with Gasteiger partial charge in [0.25, 0.3) is 0 Å². The molecule has 0 aliphatic carbocycles. The summed E-state index contributed by atoms with van der Waals surface area (Å²) in [5, 5.41) is 3.41. The number of carbonyl (C=O) groups is 1. The minimum Gasteiger partial charge on any atom is -0.342 e. The fraction of sp³-hybridized carbons (Fsp3) is 0.786. The summed E-state index contributed by atoms with van der Waals surface area (Å²) in [5.74, 6) is 1.37. The van der Waals surface area contributed by atoms with Crippen LogP contribution >= 0.6 is 0 Å². The van der Waals surface area contributed by atoms with E-state index < -0.39 is 0 Å². The van der Waals surface area contributed by atoms with Crippen LogP contribution in [-0.2, 0) is 4.79 Å². The van der Waals surface area contributed by atoms with Crippen molar-refractivity contribution >= 4 is 5.91 Å². The molecule has 1 aliphatic heterocycles. The number of amides is 1. The van der Waals surface area contributed by atoms with Crippen LogP contribution in [0.25, 0.3) is 0 Å². The molecule has 1 aliphatic rings. The molecule has 1 fully saturated rings. The molecule has 2 unspecified atom stereocenters. The van der Waals surface area contributed by atoms with Crippen LogP contribution < -0.4 is 5.32 Å². The highest BCUT2D eigenvalue weighted by atomic mass is 16.2. The zero-order valence-electron chi connectivity index (χ0n) is 11.5. The third kappa shape index (κ3) is 4.90. The first kappa shape index (κ1) is 14.2. The Kier molecular flexibility index (Phi) is 5.69. The lowest BCUT2D eigenvalue weighted by Gasteiger charge is -2.29. The van der Waals surface area contributed by atoms with Crippen molar-refractivity contribution in [1.29, 1.82) is 0 Å². The van der Waals surface area contributed by atoms with Gasteiger partial charge in [-0.15, -0.1) is 0 Å². The van der Waals surface area contributed by atoms with E-state index in [1.807, 2.05) is 14.0 Å². The second-order valence-corrected chi connectivity index (χ2v) is 5.49. The van der Waals surface area contributed by atoms with Gasteiger partial charge in [0.05, 0.1) is 0 Å². The van der Waals surface area contributed by atoms with Crippen molar-refractivity contribution in [2.75, 3.05) is 26.7 Å². The van der Waals surface area contributed by atoms with Gasteiger partial charge in [-0.05, 0) is 44.7 Å². The number of nitrogens with zero attached hydrogens (tertiary/aromatic N) is 1. The number of nitrogens with one attached hydrogen (secondary N) is 1. The molecule has 1 amide bonds. The predicted molar refractivity (Wildman–Crippen MR) is 71.8 cm³/mol. The van der Waals surface area contributed by atoms with Gasteiger partial charge in [-0.25, -0.2) is 0 Å². The van der Waals surface area contributed by atoms with Gasteiger partial charge < -0.3 is 10.2 Å². The molecule has 0 radical (unpaired) electrons. The average molecular weight is 238 g/mol. The molecule has 17 heavy (non-hydrogen) atoms. The van der Waals surface area contributed by atoms with Crippen LogP contribution in [-0.4, -0.2) is 37.5 Å². The fourth-order valence-electron chi connectivity index (χ4n) is 2.46. The van der Waals surface area contributed by atoms with Gasteiger partial charge in [0, 0.05) is 20.0 Å². The van der Waals surface area contributed by atoms with Crippen LogP contribution in [0.2, 0.25) is 0 Å². The van der Waals surface area contributed by atoms with E-state index in [0.717, 1.165) is 18.7 Å². The monoisotopic (exact) mass is 238 g/mol. The summed E-state index contributed by atoms with van der Waals surface area (Å²) in [5.41, 5.74) is 1.04. The molecule has 98 valence electrons. The maximum absolute atomic E-state index is 12.0. The van der Waals surface area contributed by atoms with Crippen LogP contribution in [0.5, 0.6) is 0 Å². The first-order valence-electron chi connectivity index (χ1n) is 6.59. The number of hydrogen-bond acceptors (Lipinski definition) is 2. The van der Waals surface area contributed by atoms with Crippen LogP contribution in [0.1, 0.15) is 33.1 Å². The van der Waals surface area contributed by atoms with Crippen molar-refractivity contribution in [2.45, 2.75) is 33.1 Å². The largest absolute Gasteiger partial charge is 0.342 e. The molecule has 0 saturated carbocycles. The van der Waals surface area contributed by atoms with Gasteiger partial charge >= 0.3 is 0 Å². The fourth-order valence-corrected chi connectivity index (χ4v) is 2.46. The first-order valence-corrected chi connectivity index (χ1v) is 6.59. The standard InChI is InChI=1S/C14H26N2O/c1-11(2)10-16(4)14(17)8-12(3)13-6-5-7-15-9-13/h12-13,15H,1,5-10H2,2-4H3.